The molecule has 1 aliphatic heterocycles. The first kappa shape index (κ1) is 11.0. The molecule has 2 heterocycles. The molecule has 1 aromatic rings. The van der Waals surface area contributed by atoms with Gasteiger partial charge in [-0.1, -0.05) is 0 Å². The number of aromatic nitrogens is 1. The van der Waals surface area contributed by atoms with E-state index < -0.39 is 9.84 Å². The largest absolute Gasteiger partial charge is 0.307 e. The van der Waals surface area contributed by atoms with Gasteiger partial charge in [-0.05, 0) is 12.8 Å². The second kappa shape index (κ2) is 4.59. The smallest absolute Gasteiger partial charge is 0.151 e. The van der Waals surface area contributed by atoms with Crippen LogP contribution in [0.25, 0.3) is 0 Å². The van der Waals surface area contributed by atoms with Crippen molar-refractivity contribution in [2.75, 3.05) is 11.5 Å². The van der Waals surface area contributed by atoms with Gasteiger partial charge in [-0.3, -0.25) is 0 Å². The Labute approximate surface area is 93.7 Å². The highest BCUT2D eigenvalue weighted by atomic mass is 32.2. The molecule has 0 aliphatic carbocycles. The van der Waals surface area contributed by atoms with Gasteiger partial charge in [-0.25, -0.2) is 13.4 Å². The van der Waals surface area contributed by atoms with Crippen LogP contribution in [0.15, 0.2) is 11.6 Å². The van der Waals surface area contributed by atoms with E-state index >= 15 is 0 Å². The average molecular weight is 246 g/mol. The highest BCUT2D eigenvalue weighted by Gasteiger charge is 2.24. The van der Waals surface area contributed by atoms with Gasteiger partial charge in [0.25, 0.3) is 0 Å². The molecule has 1 N–H and O–H groups in total. The third kappa shape index (κ3) is 3.25. The van der Waals surface area contributed by atoms with Crippen LogP contribution in [0, 0.1) is 0 Å². The molecule has 1 saturated heterocycles. The lowest BCUT2D eigenvalue weighted by atomic mass is 10.2. The van der Waals surface area contributed by atoms with E-state index in [2.05, 4.69) is 10.3 Å². The van der Waals surface area contributed by atoms with Gasteiger partial charge >= 0.3 is 0 Å². The predicted octanol–water partition coefficient (Wildman–Crippen LogP) is 0.810. The summed E-state index contributed by atoms with van der Waals surface area (Å²) in [6.07, 6.45) is 3.49. The van der Waals surface area contributed by atoms with Crippen molar-refractivity contribution in [2.24, 2.45) is 0 Å². The zero-order chi connectivity index (χ0) is 10.7. The van der Waals surface area contributed by atoms with Gasteiger partial charge in [-0.15, -0.1) is 11.3 Å². The molecule has 4 nitrogen and oxygen atoms in total. The third-order valence-corrected chi connectivity index (χ3v) is 5.09. The van der Waals surface area contributed by atoms with Crippen molar-refractivity contribution in [2.45, 2.75) is 25.4 Å². The summed E-state index contributed by atoms with van der Waals surface area (Å²) in [5.74, 6) is 0.626. The van der Waals surface area contributed by atoms with E-state index in [0.717, 1.165) is 17.8 Å². The number of thiazole rings is 1. The molecule has 0 saturated carbocycles. The van der Waals surface area contributed by atoms with Crippen molar-refractivity contribution in [3.63, 3.8) is 0 Å². The van der Waals surface area contributed by atoms with Crippen molar-refractivity contribution in [1.29, 1.82) is 0 Å². The van der Waals surface area contributed by atoms with Crippen molar-refractivity contribution in [3.8, 4) is 0 Å². The number of nitrogens with one attached hydrogen (secondary N) is 1. The summed E-state index contributed by atoms with van der Waals surface area (Å²) >= 11 is 1.59. The fraction of sp³-hybridized carbons (Fsp3) is 0.667. The highest BCUT2D eigenvalue weighted by Crippen LogP contribution is 2.13. The summed E-state index contributed by atoms with van der Waals surface area (Å²) in [4.78, 5) is 4.14. The Balaban J connectivity index is 1.85. The molecule has 1 aliphatic rings. The van der Waals surface area contributed by atoms with Crippen molar-refractivity contribution in [3.05, 3.63) is 16.6 Å². The minimum absolute atomic E-state index is 0.104. The van der Waals surface area contributed by atoms with Gasteiger partial charge in [0.2, 0.25) is 0 Å². The number of hydrogen-bond acceptors (Lipinski definition) is 5. The molecule has 6 heteroatoms. The first-order chi connectivity index (χ1) is 7.16. The molecule has 0 bridgehead atoms. The lowest BCUT2D eigenvalue weighted by molar-refractivity contribution is 0.479. The zero-order valence-electron chi connectivity index (χ0n) is 8.35. The molecule has 1 aromatic heterocycles. The molecule has 1 unspecified atom stereocenters. The molecule has 0 aromatic carbocycles. The third-order valence-electron chi connectivity index (χ3n) is 2.49. The van der Waals surface area contributed by atoms with Crippen molar-refractivity contribution in [1.82, 2.24) is 10.3 Å². The van der Waals surface area contributed by atoms with Crippen LogP contribution in [0.3, 0.4) is 0 Å². The summed E-state index contributed by atoms with van der Waals surface area (Å²) in [6, 6.07) is 0.104. The lowest BCUT2D eigenvalue weighted by Gasteiger charge is -2.22. The summed E-state index contributed by atoms with van der Waals surface area (Å²) in [5, 5.41) is 6.19. The van der Waals surface area contributed by atoms with E-state index in [-0.39, 0.29) is 11.8 Å². The standard InChI is InChI=1S/C9H14N2O2S2/c12-15(13)5-1-2-8(7-15)11-6-9-10-3-4-14-9/h3-4,8,11H,1-2,5-7H2. The Kier molecular flexibility index (Phi) is 3.38. The van der Waals surface area contributed by atoms with Gasteiger partial charge in [0, 0.05) is 24.2 Å². The quantitative estimate of drug-likeness (QED) is 0.857. The number of hydrogen-bond donors (Lipinski definition) is 1. The van der Waals surface area contributed by atoms with Crippen LogP contribution in [-0.2, 0) is 16.4 Å². The molecule has 1 fully saturated rings. The van der Waals surface area contributed by atoms with Gasteiger partial charge in [-0.2, -0.15) is 0 Å². The molecule has 15 heavy (non-hydrogen) atoms. The second-order valence-electron chi connectivity index (χ2n) is 3.76. The van der Waals surface area contributed by atoms with E-state index in [1.807, 2.05) is 5.38 Å². The Morgan fingerprint density at radius 3 is 3.13 bits per heavy atom. The molecule has 0 amide bonds. The topological polar surface area (TPSA) is 59.1 Å². The lowest BCUT2D eigenvalue weighted by Crippen LogP contribution is -2.39. The van der Waals surface area contributed by atoms with Gasteiger partial charge < -0.3 is 5.32 Å². The van der Waals surface area contributed by atoms with Crippen LogP contribution in [0.2, 0.25) is 0 Å². The normalized spacial score (nSPS) is 25.2. The Morgan fingerprint density at radius 1 is 1.60 bits per heavy atom. The Bertz CT molecular complexity index is 400. The molecule has 0 spiro atoms. The van der Waals surface area contributed by atoms with Crippen molar-refractivity contribution < 1.29 is 8.42 Å². The first-order valence-electron chi connectivity index (χ1n) is 4.98. The summed E-state index contributed by atoms with van der Waals surface area (Å²) in [6.45, 7) is 0.678. The van der Waals surface area contributed by atoms with E-state index in [4.69, 9.17) is 0 Å². The second-order valence-corrected chi connectivity index (χ2v) is 6.97. The minimum Gasteiger partial charge on any atom is -0.307 e. The number of rotatable bonds is 3. The molecule has 0 radical (unpaired) electrons. The molecular weight excluding hydrogens is 232 g/mol. The van der Waals surface area contributed by atoms with Crippen LogP contribution in [0.5, 0.6) is 0 Å². The number of nitrogens with zero attached hydrogens (tertiary/aromatic N) is 1. The average Bonchev–Trinajstić information content (AvgIpc) is 2.65. The van der Waals surface area contributed by atoms with Crippen LogP contribution in [-0.4, -0.2) is 30.9 Å². The fourth-order valence-electron chi connectivity index (χ4n) is 1.76. The maximum atomic E-state index is 11.4. The SMILES string of the molecule is O=S1(=O)CCCC(NCc2nccs2)C1. The van der Waals surface area contributed by atoms with Crippen LogP contribution in [0.4, 0.5) is 0 Å². The first-order valence-corrected chi connectivity index (χ1v) is 7.68. The summed E-state index contributed by atoms with van der Waals surface area (Å²) in [5.41, 5.74) is 0. The maximum Gasteiger partial charge on any atom is 0.151 e. The van der Waals surface area contributed by atoms with E-state index in [9.17, 15) is 8.42 Å². The summed E-state index contributed by atoms with van der Waals surface area (Å²) < 4.78 is 22.7. The molecule has 2 rings (SSSR count). The van der Waals surface area contributed by atoms with Crippen LogP contribution < -0.4 is 5.32 Å². The van der Waals surface area contributed by atoms with Gasteiger partial charge in [0.15, 0.2) is 9.84 Å². The number of sulfone groups is 1. The van der Waals surface area contributed by atoms with Crippen LogP contribution in [0.1, 0.15) is 17.8 Å². The monoisotopic (exact) mass is 246 g/mol. The zero-order valence-corrected chi connectivity index (χ0v) is 9.98. The molecule has 1 atom stereocenters. The van der Waals surface area contributed by atoms with Crippen LogP contribution >= 0.6 is 11.3 Å². The van der Waals surface area contributed by atoms with E-state index in [0.29, 0.717) is 12.3 Å². The minimum atomic E-state index is -2.80. The van der Waals surface area contributed by atoms with Crippen molar-refractivity contribution >= 4 is 21.2 Å². The Morgan fingerprint density at radius 2 is 2.47 bits per heavy atom. The molecule has 84 valence electrons. The van der Waals surface area contributed by atoms with Gasteiger partial charge in [0.05, 0.1) is 11.5 Å². The summed E-state index contributed by atoms with van der Waals surface area (Å²) in [7, 11) is -2.80. The van der Waals surface area contributed by atoms with E-state index in [1.54, 1.807) is 17.5 Å². The maximum absolute atomic E-state index is 11.4. The highest BCUT2D eigenvalue weighted by molar-refractivity contribution is 7.91. The fourth-order valence-corrected chi connectivity index (χ4v) is 3.99. The van der Waals surface area contributed by atoms with E-state index in [1.165, 1.54) is 0 Å². The predicted molar refractivity (Wildman–Crippen MR) is 60.6 cm³/mol. The molecular formula is C9H14N2O2S2. The van der Waals surface area contributed by atoms with Gasteiger partial charge in [0.1, 0.15) is 5.01 Å². The Hall–Kier alpha value is -0.460.